The van der Waals surface area contributed by atoms with Gasteiger partial charge in [0.15, 0.2) is 0 Å². The van der Waals surface area contributed by atoms with Crippen molar-refractivity contribution in [2.75, 3.05) is 25.0 Å². The number of aromatic nitrogens is 2. The van der Waals surface area contributed by atoms with Crippen molar-refractivity contribution in [3.05, 3.63) is 17.8 Å². The monoisotopic (exact) mass is 347 g/mol. The Labute approximate surface area is 144 Å². The van der Waals surface area contributed by atoms with E-state index in [9.17, 15) is 9.59 Å². The Balaban J connectivity index is 1.46. The number of carbonyl (C=O) groups is 2. The number of hydrogen-bond donors (Lipinski definition) is 2. The summed E-state index contributed by atoms with van der Waals surface area (Å²) in [5.41, 5.74) is 0. The number of likely N-dealkylation sites (tertiary alicyclic amines) is 1. The van der Waals surface area contributed by atoms with Gasteiger partial charge in [-0.15, -0.1) is 11.3 Å². The van der Waals surface area contributed by atoms with E-state index in [2.05, 4.69) is 20.6 Å². The third kappa shape index (κ3) is 3.48. The maximum Gasteiger partial charge on any atom is 0.225 e. The van der Waals surface area contributed by atoms with E-state index in [0.29, 0.717) is 26.1 Å². The maximum absolute atomic E-state index is 12.2. The lowest BCUT2D eigenvalue weighted by Gasteiger charge is -2.20. The van der Waals surface area contributed by atoms with E-state index in [0.717, 1.165) is 16.0 Å². The molecule has 1 atom stereocenters. The van der Waals surface area contributed by atoms with Gasteiger partial charge in [0.1, 0.15) is 17.0 Å². The molecule has 1 aliphatic heterocycles. The van der Waals surface area contributed by atoms with Gasteiger partial charge in [-0.3, -0.25) is 9.59 Å². The van der Waals surface area contributed by atoms with Crippen LogP contribution < -0.4 is 10.6 Å². The summed E-state index contributed by atoms with van der Waals surface area (Å²) in [5.74, 6) is 0.529. The minimum Gasteiger partial charge on any atom is -0.368 e. The molecule has 7 nitrogen and oxygen atoms in total. The maximum atomic E-state index is 12.2. The Morgan fingerprint density at radius 3 is 3.00 bits per heavy atom. The third-order valence-corrected chi connectivity index (χ3v) is 4.95. The molecule has 1 saturated heterocycles. The Bertz CT molecular complexity index is 745. The fourth-order valence-electron chi connectivity index (χ4n) is 2.85. The summed E-state index contributed by atoms with van der Waals surface area (Å²) < 4.78 is 0. The average molecular weight is 347 g/mol. The lowest BCUT2D eigenvalue weighted by Crippen LogP contribution is -2.37. The zero-order valence-corrected chi connectivity index (χ0v) is 14.6. The Kier molecular flexibility index (Phi) is 4.94. The number of amides is 2. The molecule has 0 bridgehead atoms. The molecule has 2 aromatic rings. The fourth-order valence-corrected chi connectivity index (χ4v) is 3.58. The smallest absolute Gasteiger partial charge is 0.225 e. The van der Waals surface area contributed by atoms with Crippen molar-refractivity contribution in [2.45, 2.75) is 26.3 Å². The first-order valence-corrected chi connectivity index (χ1v) is 8.93. The predicted octanol–water partition coefficient (Wildman–Crippen LogP) is 1.48. The number of thiophene rings is 1. The highest BCUT2D eigenvalue weighted by atomic mass is 32.1. The molecule has 8 heteroatoms. The first-order chi connectivity index (χ1) is 11.6. The molecule has 2 N–H and O–H groups in total. The Hall–Kier alpha value is -2.22. The van der Waals surface area contributed by atoms with Gasteiger partial charge in [0.05, 0.1) is 11.3 Å². The Morgan fingerprint density at radius 2 is 2.25 bits per heavy atom. The van der Waals surface area contributed by atoms with Crippen LogP contribution >= 0.6 is 11.3 Å². The number of anilines is 1. The van der Waals surface area contributed by atoms with Crippen LogP contribution in [0.25, 0.3) is 10.2 Å². The molecule has 3 heterocycles. The standard InChI is InChI=1S/C16H21N5O2S/c1-10(2)21-8-11(7-13(21)22)15(23)18-5-4-17-14-12-3-6-24-16(12)20-9-19-14/h3,6,9-11H,4-5,7-8H2,1-2H3,(H,18,23)(H,17,19,20)/t11-/m0/s1. The zero-order valence-electron chi connectivity index (χ0n) is 13.8. The van der Waals surface area contributed by atoms with E-state index in [4.69, 9.17) is 0 Å². The van der Waals surface area contributed by atoms with E-state index in [1.807, 2.05) is 25.3 Å². The van der Waals surface area contributed by atoms with Gasteiger partial charge in [-0.1, -0.05) is 0 Å². The molecule has 0 aromatic carbocycles. The summed E-state index contributed by atoms with van der Waals surface area (Å²) in [6.07, 6.45) is 1.84. The van der Waals surface area contributed by atoms with Crippen molar-refractivity contribution in [2.24, 2.45) is 5.92 Å². The molecule has 3 rings (SSSR count). The van der Waals surface area contributed by atoms with Crippen LogP contribution in [0.3, 0.4) is 0 Å². The Morgan fingerprint density at radius 1 is 1.42 bits per heavy atom. The fraction of sp³-hybridized carbons (Fsp3) is 0.500. The van der Waals surface area contributed by atoms with Crippen LogP contribution in [0, 0.1) is 5.92 Å². The second kappa shape index (κ2) is 7.12. The highest BCUT2D eigenvalue weighted by Gasteiger charge is 2.35. The van der Waals surface area contributed by atoms with Gasteiger partial charge in [-0.25, -0.2) is 9.97 Å². The van der Waals surface area contributed by atoms with Crippen LogP contribution in [0.4, 0.5) is 5.82 Å². The van der Waals surface area contributed by atoms with Gasteiger partial charge in [-0.05, 0) is 25.3 Å². The van der Waals surface area contributed by atoms with Crippen molar-refractivity contribution in [3.63, 3.8) is 0 Å². The first kappa shape index (κ1) is 16.6. The number of nitrogens with zero attached hydrogens (tertiary/aromatic N) is 3. The number of rotatable bonds is 6. The minimum absolute atomic E-state index is 0.0586. The van der Waals surface area contributed by atoms with Crippen LogP contribution in [0.1, 0.15) is 20.3 Å². The molecular weight excluding hydrogens is 326 g/mol. The van der Waals surface area contributed by atoms with Crippen molar-refractivity contribution >= 4 is 39.2 Å². The van der Waals surface area contributed by atoms with Crippen LogP contribution in [0.5, 0.6) is 0 Å². The molecule has 1 aliphatic rings. The van der Waals surface area contributed by atoms with Gasteiger partial charge in [0.2, 0.25) is 11.8 Å². The summed E-state index contributed by atoms with van der Waals surface area (Å²) in [5, 5.41) is 9.08. The summed E-state index contributed by atoms with van der Waals surface area (Å²) >= 11 is 1.57. The average Bonchev–Trinajstić information content (AvgIpc) is 3.18. The van der Waals surface area contributed by atoms with Crippen molar-refractivity contribution in [3.8, 4) is 0 Å². The second-order valence-corrected chi connectivity index (χ2v) is 7.01. The highest BCUT2D eigenvalue weighted by molar-refractivity contribution is 7.16. The third-order valence-electron chi connectivity index (χ3n) is 4.13. The molecule has 24 heavy (non-hydrogen) atoms. The zero-order chi connectivity index (χ0) is 17.1. The molecular formula is C16H21N5O2S. The van der Waals surface area contributed by atoms with E-state index < -0.39 is 0 Å². The summed E-state index contributed by atoms with van der Waals surface area (Å²) in [6.45, 7) is 5.50. The molecule has 0 spiro atoms. The molecule has 0 saturated carbocycles. The number of fused-ring (bicyclic) bond motifs is 1. The van der Waals surface area contributed by atoms with E-state index in [-0.39, 0.29) is 23.8 Å². The molecule has 2 amide bonds. The van der Waals surface area contributed by atoms with Gasteiger partial charge in [0, 0.05) is 32.1 Å². The number of hydrogen-bond acceptors (Lipinski definition) is 6. The first-order valence-electron chi connectivity index (χ1n) is 8.05. The van der Waals surface area contributed by atoms with Gasteiger partial charge in [0.25, 0.3) is 0 Å². The van der Waals surface area contributed by atoms with E-state index in [1.165, 1.54) is 6.33 Å². The molecule has 1 fully saturated rings. The van der Waals surface area contributed by atoms with Crippen LogP contribution in [-0.2, 0) is 9.59 Å². The number of nitrogens with one attached hydrogen (secondary N) is 2. The van der Waals surface area contributed by atoms with Crippen molar-refractivity contribution in [1.82, 2.24) is 20.2 Å². The molecule has 2 aromatic heterocycles. The summed E-state index contributed by atoms with van der Waals surface area (Å²) in [6, 6.07) is 2.12. The van der Waals surface area contributed by atoms with Crippen LogP contribution in [-0.4, -0.2) is 52.4 Å². The lowest BCUT2D eigenvalue weighted by molar-refractivity contribution is -0.129. The van der Waals surface area contributed by atoms with Gasteiger partial charge < -0.3 is 15.5 Å². The minimum atomic E-state index is -0.248. The van der Waals surface area contributed by atoms with E-state index in [1.54, 1.807) is 16.2 Å². The van der Waals surface area contributed by atoms with Crippen LogP contribution in [0.15, 0.2) is 17.8 Å². The largest absolute Gasteiger partial charge is 0.368 e. The summed E-state index contributed by atoms with van der Waals surface area (Å²) in [7, 11) is 0. The predicted molar refractivity (Wildman–Crippen MR) is 93.9 cm³/mol. The molecule has 0 radical (unpaired) electrons. The van der Waals surface area contributed by atoms with Gasteiger partial charge >= 0.3 is 0 Å². The topological polar surface area (TPSA) is 87.2 Å². The normalized spacial score (nSPS) is 17.7. The number of carbonyl (C=O) groups excluding carboxylic acids is 2. The lowest BCUT2D eigenvalue weighted by atomic mass is 10.1. The SMILES string of the molecule is CC(C)N1C[C@@H](C(=O)NCCNc2ncnc3sccc23)CC1=O. The molecule has 0 unspecified atom stereocenters. The van der Waals surface area contributed by atoms with Gasteiger partial charge in [-0.2, -0.15) is 0 Å². The van der Waals surface area contributed by atoms with Crippen LogP contribution in [0.2, 0.25) is 0 Å². The highest BCUT2D eigenvalue weighted by Crippen LogP contribution is 2.23. The quantitative estimate of drug-likeness (QED) is 0.773. The summed E-state index contributed by atoms with van der Waals surface area (Å²) in [4.78, 5) is 35.2. The molecule has 0 aliphatic carbocycles. The second-order valence-electron chi connectivity index (χ2n) is 6.12. The molecule has 128 valence electrons. The van der Waals surface area contributed by atoms with E-state index >= 15 is 0 Å². The van der Waals surface area contributed by atoms with Crippen molar-refractivity contribution < 1.29 is 9.59 Å². The van der Waals surface area contributed by atoms with Crippen molar-refractivity contribution in [1.29, 1.82) is 0 Å².